The number of benzene rings is 5. The van der Waals surface area contributed by atoms with Crippen LogP contribution in [0.15, 0.2) is 84.9 Å². The van der Waals surface area contributed by atoms with Crippen LogP contribution in [0.1, 0.15) is 184 Å². The molecule has 0 aliphatic heterocycles. The number of anilines is 5. The average molecular weight is 839 g/mol. The Bertz CT molecular complexity index is 2490. The van der Waals surface area contributed by atoms with Gasteiger partial charge in [-0.05, 0) is 199 Å². The van der Waals surface area contributed by atoms with Gasteiger partial charge in [-0.15, -0.1) is 0 Å². The maximum atomic E-state index is 2.80. The van der Waals surface area contributed by atoms with Gasteiger partial charge < -0.3 is 9.80 Å². The van der Waals surface area contributed by atoms with E-state index in [0.29, 0.717) is 12.0 Å². The number of rotatable bonds is 9. The van der Waals surface area contributed by atoms with E-state index in [2.05, 4.69) is 192 Å². The van der Waals surface area contributed by atoms with Gasteiger partial charge in [-0.1, -0.05) is 131 Å². The topological polar surface area (TPSA) is 6.48 Å². The molecule has 9 rings (SSSR count). The zero-order chi connectivity index (χ0) is 45.0. The lowest BCUT2D eigenvalue weighted by atomic mass is 9.55. The molecular formula is C61H78N2. The van der Waals surface area contributed by atoms with Crippen molar-refractivity contribution in [1.29, 1.82) is 0 Å². The molecule has 3 fully saturated rings. The van der Waals surface area contributed by atoms with Gasteiger partial charge in [0.05, 0.1) is 5.69 Å². The summed E-state index contributed by atoms with van der Waals surface area (Å²) in [5.74, 6) is 0.676. The largest absolute Gasteiger partial charge is 0.338 e. The first-order chi connectivity index (χ1) is 29.8. The molecule has 4 aliphatic rings. The Morgan fingerprint density at radius 1 is 0.508 bits per heavy atom. The lowest BCUT2D eigenvalue weighted by Gasteiger charge is -2.49. The third-order valence-corrected chi connectivity index (χ3v) is 17.7. The lowest BCUT2D eigenvalue weighted by molar-refractivity contribution is 0.278. The van der Waals surface area contributed by atoms with Crippen LogP contribution >= 0.6 is 0 Å². The third-order valence-electron chi connectivity index (χ3n) is 17.7. The molecule has 1 unspecified atom stereocenters. The van der Waals surface area contributed by atoms with Gasteiger partial charge in [0.25, 0.3) is 0 Å². The van der Waals surface area contributed by atoms with Gasteiger partial charge in [0.1, 0.15) is 0 Å². The third kappa shape index (κ3) is 6.85. The molecule has 2 heteroatoms. The fourth-order valence-corrected chi connectivity index (χ4v) is 13.4. The van der Waals surface area contributed by atoms with Crippen LogP contribution in [0.25, 0.3) is 11.1 Å². The first-order valence-corrected chi connectivity index (χ1v) is 25.0. The van der Waals surface area contributed by atoms with E-state index in [-0.39, 0.29) is 27.1 Å². The van der Waals surface area contributed by atoms with Crippen molar-refractivity contribution in [3.8, 4) is 11.1 Å². The molecule has 0 aromatic heterocycles. The van der Waals surface area contributed by atoms with Gasteiger partial charge in [-0.2, -0.15) is 0 Å². The summed E-state index contributed by atoms with van der Waals surface area (Å²) < 4.78 is 0. The Morgan fingerprint density at radius 2 is 0.937 bits per heavy atom. The smallest absolute Gasteiger partial charge is 0.0520 e. The predicted octanol–water partition coefficient (Wildman–Crippen LogP) is 17.5. The number of hydrogen-bond acceptors (Lipinski definition) is 2. The van der Waals surface area contributed by atoms with Crippen LogP contribution in [0.2, 0.25) is 0 Å². The molecule has 5 aromatic carbocycles. The maximum absolute atomic E-state index is 2.80. The summed E-state index contributed by atoms with van der Waals surface area (Å²) in [7, 11) is 0. The van der Waals surface area contributed by atoms with Gasteiger partial charge in [-0.3, -0.25) is 0 Å². The molecule has 63 heavy (non-hydrogen) atoms. The minimum absolute atomic E-state index is 0.0828. The van der Waals surface area contributed by atoms with Crippen LogP contribution in [0.4, 0.5) is 28.4 Å². The molecule has 0 saturated heterocycles. The maximum Gasteiger partial charge on any atom is 0.0520 e. The molecule has 0 bridgehead atoms. The van der Waals surface area contributed by atoms with Gasteiger partial charge in [0.15, 0.2) is 0 Å². The molecule has 0 radical (unpaired) electrons. The normalized spacial score (nSPS) is 22.8. The van der Waals surface area contributed by atoms with E-state index in [1.54, 1.807) is 11.1 Å². The van der Waals surface area contributed by atoms with Crippen molar-refractivity contribution in [1.82, 2.24) is 0 Å². The summed E-state index contributed by atoms with van der Waals surface area (Å²) in [6.45, 7) is 33.0. The predicted molar refractivity (Wildman–Crippen MR) is 273 cm³/mol. The van der Waals surface area contributed by atoms with E-state index in [1.165, 1.54) is 130 Å². The number of fused-ring (bicyclic) bond motifs is 3. The molecule has 5 aromatic rings. The SMILES string of the molecule is CCC(C)(CC)c1ccc(N(c2ccc3c(c2)C24CCCC2(CCC4)c2cc(N(c4c(C)cc(C(C)(C)C)cc4C)[C@H]4CCC4C)ccc2-3)c2c(C)cc(C(C)(C)C)cc2C)cc1. The Balaban J connectivity index is 1.22. The highest BCUT2D eigenvalue weighted by Gasteiger charge is 2.62. The number of aryl methyl sites for hydroxylation is 4. The van der Waals surface area contributed by atoms with Crippen LogP contribution in [-0.4, -0.2) is 6.04 Å². The van der Waals surface area contributed by atoms with Gasteiger partial charge in [0.2, 0.25) is 0 Å². The van der Waals surface area contributed by atoms with Crippen LogP contribution in [0.3, 0.4) is 0 Å². The summed E-state index contributed by atoms with van der Waals surface area (Å²) >= 11 is 0. The fourth-order valence-electron chi connectivity index (χ4n) is 13.4. The van der Waals surface area contributed by atoms with Gasteiger partial charge in [0, 0.05) is 39.6 Å². The standard InChI is InChI=1S/C61H78N2/c1-15-59(14,16-2)44-20-22-47(23-21-44)62(55-40(4)33-45(34-41(55)5)57(8,9)10)48-24-26-50-51-27-25-49(38-53(51)61-31-17-29-60(61,30-18-32-61)52(50)37-48)63(54-28-19-39(54)3)56-42(6)35-46(36-43(56)7)58(11,12)13/h20-27,33-39,54H,15-19,28-32H2,1-14H3/t39?,54-,60?,61?/m0/s1. The van der Waals surface area contributed by atoms with E-state index in [0.717, 1.165) is 12.8 Å². The zero-order valence-electron chi connectivity index (χ0n) is 41.7. The molecule has 2 nitrogen and oxygen atoms in total. The van der Waals surface area contributed by atoms with Crippen molar-refractivity contribution >= 4 is 28.4 Å². The van der Waals surface area contributed by atoms with Crippen LogP contribution in [-0.2, 0) is 27.1 Å². The van der Waals surface area contributed by atoms with Crippen LogP contribution in [0.5, 0.6) is 0 Å². The number of hydrogen-bond donors (Lipinski definition) is 0. The van der Waals surface area contributed by atoms with E-state index in [9.17, 15) is 0 Å². The lowest BCUT2D eigenvalue weighted by Crippen LogP contribution is -2.45. The van der Waals surface area contributed by atoms with E-state index < -0.39 is 0 Å². The molecule has 3 saturated carbocycles. The quantitative estimate of drug-likeness (QED) is 0.146. The molecule has 0 amide bonds. The average Bonchev–Trinajstić information content (AvgIpc) is 3.81. The molecule has 0 heterocycles. The van der Waals surface area contributed by atoms with E-state index in [1.807, 2.05) is 0 Å². The van der Waals surface area contributed by atoms with Crippen LogP contribution < -0.4 is 9.80 Å². The van der Waals surface area contributed by atoms with E-state index in [4.69, 9.17) is 0 Å². The van der Waals surface area contributed by atoms with Crippen molar-refractivity contribution in [2.45, 2.75) is 194 Å². The van der Waals surface area contributed by atoms with Crippen LogP contribution in [0, 0.1) is 33.6 Å². The molecule has 332 valence electrons. The van der Waals surface area contributed by atoms with Crippen molar-refractivity contribution in [2.24, 2.45) is 5.92 Å². The number of nitrogens with zero attached hydrogens (tertiary/aromatic N) is 2. The van der Waals surface area contributed by atoms with E-state index >= 15 is 0 Å². The minimum atomic E-state index is 0.0828. The summed E-state index contributed by atoms with van der Waals surface area (Å²) in [5.41, 5.74) is 23.4. The van der Waals surface area contributed by atoms with Gasteiger partial charge in [-0.25, -0.2) is 0 Å². The summed E-state index contributed by atoms with van der Waals surface area (Å²) in [6, 6.07) is 35.5. The van der Waals surface area contributed by atoms with Crippen molar-refractivity contribution in [3.05, 3.63) is 135 Å². The molecule has 2 atom stereocenters. The Kier molecular flexibility index (Phi) is 10.7. The molecule has 0 spiro atoms. The van der Waals surface area contributed by atoms with Crippen molar-refractivity contribution in [2.75, 3.05) is 9.80 Å². The second-order valence-electron chi connectivity index (χ2n) is 23.4. The molecule has 4 aliphatic carbocycles. The Morgan fingerprint density at radius 3 is 1.35 bits per heavy atom. The van der Waals surface area contributed by atoms with Crippen molar-refractivity contribution < 1.29 is 0 Å². The van der Waals surface area contributed by atoms with Gasteiger partial charge >= 0.3 is 0 Å². The van der Waals surface area contributed by atoms with Crippen molar-refractivity contribution in [3.63, 3.8) is 0 Å². The zero-order valence-corrected chi connectivity index (χ0v) is 41.7. The first kappa shape index (κ1) is 43.9. The minimum Gasteiger partial charge on any atom is -0.338 e. The first-order valence-electron chi connectivity index (χ1n) is 25.0. The molecular weight excluding hydrogens is 761 g/mol. The summed E-state index contributed by atoms with van der Waals surface area (Å²) in [6.07, 6.45) is 12.6. The molecule has 0 N–H and O–H groups in total. The highest BCUT2D eigenvalue weighted by atomic mass is 15.2. The Labute approximate surface area is 382 Å². The highest BCUT2D eigenvalue weighted by Crippen LogP contribution is 2.70. The second-order valence-corrected chi connectivity index (χ2v) is 23.4. The Hall–Kier alpha value is -4.30. The summed E-state index contributed by atoms with van der Waals surface area (Å²) in [4.78, 5) is 5.42. The monoisotopic (exact) mass is 839 g/mol. The second kappa shape index (κ2) is 15.4. The fraction of sp³-hybridized carbons (Fsp3) is 0.508. The summed E-state index contributed by atoms with van der Waals surface area (Å²) in [5, 5.41) is 0. The highest BCUT2D eigenvalue weighted by molar-refractivity contribution is 5.87.